The normalized spacial score (nSPS) is 15.2. The van der Waals surface area contributed by atoms with Crippen LogP contribution in [-0.2, 0) is 9.84 Å². The smallest absolute Gasteiger partial charge is 0.210 e. The van der Waals surface area contributed by atoms with E-state index in [4.69, 9.17) is 0 Å². The summed E-state index contributed by atoms with van der Waals surface area (Å²) in [4.78, 5) is 0.678. The highest BCUT2D eigenvalue weighted by Crippen LogP contribution is 2.40. The van der Waals surface area contributed by atoms with Crippen LogP contribution in [0.4, 0.5) is 11.4 Å². The second-order valence-corrected chi connectivity index (χ2v) is 6.71. The minimum absolute atomic E-state index is 0.336. The predicted molar refractivity (Wildman–Crippen MR) is 79.1 cm³/mol. The van der Waals surface area contributed by atoms with Gasteiger partial charge in [0.2, 0.25) is 9.84 Å². The summed E-state index contributed by atoms with van der Waals surface area (Å²) in [5.74, 6) is 0. The van der Waals surface area contributed by atoms with Crippen LogP contribution >= 0.6 is 0 Å². The number of nitrogens with one attached hydrogen (secondary N) is 1. The number of rotatable bonds is 0. The maximum absolute atomic E-state index is 12.7. The number of benzene rings is 3. The largest absolute Gasteiger partial charge is 0.353 e. The van der Waals surface area contributed by atoms with E-state index < -0.39 is 9.84 Å². The molecule has 0 aliphatic carbocycles. The lowest BCUT2D eigenvalue weighted by atomic mass is 10.1. The van der Waals surface area contributed by atoms with Crippen molar-refractivity contribution in [2.45, 2.75) is 9.79 Å². The number of para-hydroxylation sites is 1. The third kappa shape index (κ3) is 1.48. The first kappa shape index (κ1) is 11.5. The van der Waals surface area contributed by atoms with Gasteiger partial charge < -0.3 is 5.32 Å². The molecule has 0 amide bonds. The SMILES string of the molecule is O=S1(=O)c2ccccc2Nc2cc3ccccc3cc21. The summed E-state index contributed by atoms with van der Waals surface area (Å²) in [7, 11) is -3.46. The van der Waals surface area contributed by atoms with E-state index in [0.717, 1.165) is 10.8 Å². The third-order valence-corrected chi connectivity index (χ3v) is 5.44. The Bertz CT molecular complexity index is 946. The van der Waals surface area contributed by atoms with E-state index >= 15 is 0 Å². The van der Waals surface area contributed by atoms with E-state index in [1.807, 2.05) is 36.4 Å². The van der Waals surface area contributed by atoms with E-state index in [1.54, 1.807) is 24.3 Å². The van der Waals surface area contributed by atoms with Crippen LogP contribution in [-0.4, -0.2) is 8.42 Å². The molecule has 1 N–H and O–H groups in total. The maximum atomic E-state index is 12.7. The molecule has 0 saturated carbocycles. The summed E-state index contributed by atoms with van der Waals surface area (Å²) in [6.45, 7) is 0. The maximum Gasteiger partial charge on any atom is 0.210 e. The van der Waals surface area contributed by atoms with Crippen LogP contribution < -0.4 is 5.32 Å². The highest BCUT2D eigenvalue weighted by atomic mass is 32.2. The summed E-state index contributed by atoms with van der Waals surface area (Å²) in [5.41, 5.74) is 1.28. The Morgan fingerprint density at radius 3 is 2.15 bits per heavy atom. The van der Waals surface area contributed by atoms with Gasteiger partial charge in [0.15, 0.2) is 0 Å². The van der Waals surface area contributed by atoms with Crippen molar-refractivity contribution in [1.29, 1.82) is 0 Å². The van der Waals surface area contributed by atoms with Gasteiger partial charge in [-0.3, -0.25) is 0 Å². The highest BCUT2D eigenvalue weighted by molar-refractivity contribution is 7.92. The van der Waals surface area contributed by atoms with Crippen LogP contribution in [0.25, 0.3) is 10.8 Å². The summed E-state index contributed by atoms with van der Waals surface area (Å²) in [5, 5.41) is 5.16. The van der Waals surface area contributed by atoms with Crippen LogP contribution in [0.15, 0.2) is 70.5 Å². The minimum atomic E-state index is -3.46. The lowest BCUT2D eigenvalue weighted by molar-refractivity contribution is 0.596. The van der Waals surface area contributed by atoms with Gasteiger partial charge in [0.25, 0.3) is 0 Å². The van der Waals surface area contributed by atoms with E-state index in [2.05, 4.69) is 5.32 Å². The summed E-state index contributed by atoms with van der Waals surface area (Å²) in [6, 6.07) is 18.4. The van der Waals surface area contributed by atoms with Crippen molar-refractivity contribution >= 4 is 32.0 Å². The lowest BCUT2D eigenvalue weighted by Crippen LogP contribution is -2.13. The van der Waals surface area contributed by atoms with Gasteiger partial charge in [0, 0.05) is 0 Å². The second kappa shape index (κ2) is 3.84. The zero-order valence-electron chi connectivity index (χ0n) is 10.5. The summed E-state index contributed by atoms with van der Waals surface area (Å²) >= 11 is 0. The van der Waals surface area contributed by atoms with Crippen LogP contribution in [0.3, 0.4) is 0 Å². The molecule has 4 rings (SSSR count). The molecule has 4 heteroatoms. The van der Waals surface area contributed by atoms with Gasteiger partial charge in [-0.15, -0.1) is 0 Å². The highest BCUT2D eigenvalue weighted by Gasteiger charge is 2.29. The number of anilines is 2. The molecule has 1 aliphatic heterocycles. The van der Waals surface area contributed by atoms with Crippen LogP contribution in [0.1, 0.15) is 0 Å². The molecule has 0 saturated heterocycles. The molecular formula is C16H11NO2S. The van der Waals surface area contributed by atoms with Crippen molar-refractivity contribution in [1.82, 2.24) is 0 Å². The molecule has 3 aromatic carbocycles. The third-order valence-electron chi connectivity index (χ3n) is 3.58. The van der Waals surface area contributed by atoms with Crippen molar-refractivity contribution in [3.8, 4) is 0 Å². The molecule has 0 atom stereocenters. The van der Waals surface area contributed by atoms with Crippen LogP contribution in [0.5, 0.6) is 0 Å². The molecule has 0 radical (unpaired) electrons. The molecule has 1 heterocycles. The summed E-state index contributed by atoms with van der Waals surface area (Å²) < 4.78 is 25.4. The molecule has 3 nitrogen and oxygen atoms in total. The average molecular weight is 281 g/mol. The Morgan fingerprint density at radius 2 is 1.35 bits per heavy atom. The molecule has 98 valence electrons. The van der Waals surface area contributed by atoms with Gasteiger partial charge >= 0.3 is 0 Å². The van der Waals surface area contributed by atoms with E-state index in [1.165, 1.54) is 0 Å². The Kier molecular flexibility index (Phi) is 2.20. The van der Waals surface area contributed by atoms with Crippen LogP contribution in [0.2, 0.25) is 0 Å². The molecule has 0 unspecified atom stereocenters. The standard InChI is InChI=1S/C16H11NO2S/c18-20(19)15-8-4-3-7-13(15)17-14-9-11-5-1-2-6-12(11)10-16(14)20/h1-10,17H. The lowest BCUT2D eigenvalue weighted by Gasteiger charge is -2.21. The molecule has 0 fully saturated rings. The van der Waals surface area contributed by atoms with Gasteiger partial charge in [-0.1, -0.05) is 36.4 Å². The predicted octanol–water partition coefficient (Wildman–Crippen LogP) is 3.73. The second-order valence-electron chi connectivity index (χ2n) is 4.82. The average Bonchev–Trinajstić information content (AvgIpc) is 2.46. The Labute approximate surface area is 116 Å². The molecule has 1 aliphatic rings. The van der Waals surface area contributed by atoms with E-state index in [0.29, 0.717) is 21.2 Å². The molecular weight excluding hydrogens is 270 g/mol. The minimum Gasteiger partial charge on any atom is -0.353 e. The van der Waals surface area contributed by atoms with Crippen molar-refractivity contribution < 1.29 is 8.42 Å². The number of hydrogen-bond acceptors (Lipinski definition) is 3. The van der Waals surface area contributed by atoms with Crippen molar-refractivity contribution in [2.75, 3.05) is 5.32 Å². The van der Waals surface area contributed by atoms with Crippen molar-refractivity contribution in [3.05, 3.63) is 60.7 Å². The zero-order chi connectivity index (χ0) is 13.7. The monoisotopic (exact) mass is 281 g/mol. The van der Waals surface area contributed by atoms with Gasteiger partial charge in [0.05, 0.1) is 21.2 Å². The Balaban J connectivity index is 2.09. The van der Waals surface area contributed by atoms with Gasteiger partial charge in [-0.05, 0) is 35.0 Å². The topological polar surface area (TPSA) is 46.2 Å². The fraction of sp³-hybridized carbons (Fsp3) is 0. The zero-order valence-corrected chi connectivity index (χ0v) is 11.3. The molecule has 3 aromatic rings. The molecule has 0 bridgehead atoms. The number of hydrogen-bond donors (Lipinski definition) is 1. The first-order valence-electron chi connectivity index (χ1n) is 6.30. The van der Waals surface area contributed by atoms with E-state index in [9.17, 15) is 8.42 Å². The Hall–Kier alpha value is -2.33. The molecule has 20 heavy (non-hydrogen) atoms. The van der Waals surface area contributed by atoms with Gasteiger partial charge in [-0.2, -0.15) is 0 Å². The molecule has 0 spiro atoms. The van der Waals surface area contributed by atoms with Gasteiger partial charge in [-0.25, -0.2) is 8.42 Å². The van der Waals surface area contributed by atoms with Crippen molar-refractivity contribution in [3.63, 3.8) is 0 Å². The van der Waals surface area contributed by atoms with Crippen LogP contribution in [0, 0.1) is 0 Å². The fourth-order valence-corrected chi connectivity index (χ4v) is 4.19. The summed E-state index contributed by atoms with van der Waals surface area (Å²) in [6.07, 6.45) is 0. The number of sulfone groups is 1. The first-order chi connectivity index (χ1) is 9.66. The van der Waals surface area contributed by atoms with E-state index in [-0.39, 0.29) is 0 Å². The number of fused-ring (bicyclic) bond motifs is 3. The quantitative estimate of drug-likeness (QED) is 0.534. The molecule has 0 aromatic heterocycles. The first-order valence-corrected chi connectivity index (χ1v) is 7.78. The van der Waals surface area contributed by atoms with Crippen molar-refractivity contribution in [2.24, 2.45) is 0 Å². The fourth-order valence-electron chi connectivity index (χ4n) is 2.61. The van der Waals surface area contributed by atoms with Gasteiger partial charge in [0.1, 0.15) is 0 Å². The Morgan fingerprint density at radius 1 is 0.700 bits per heavy atom.